The van der Waals surface area contributed by atoms with Crippen LogP contribution in [0.25, 0.3) is 27.4 Å². The molecule has 6 nitrogen and oxygen atoms in total. The summed E-state index contributed by atoms with van der Waals surface area (Å²) >= 11 is 0. The molecule has 0 aliphatic heterocycles. The molecule has 0 fully saturated rings. The first kappa shape index (κ1) is 24.3. The second kappa shape index (κ2) is 10.3. The molecule has 0 spiro atoms. The molecule has 37 heavy (non-hydrogen) atoms. The van der Waals surface area contributed by atoms with Crippen LogP contribution in [0.15, 0.2) is 95.8 Å². The molecule has 0 aliphatic carbocycles. The molecule has 4 aromatic carbocycles. The Balaban J connectivity index is 1.65. The standard InChI is InChI=1S/C31H29N3O3/c1-4-19-33(30(35)24-14-13-22-9-5-6-10-23(22)20-24)21(2)29-32-28-12-8-7-11-27(28)31(36)34(29)25-15-17-26(37-3)18-16-25/h5-18,20-21H,4,19H2,1-3H3. The Kier molecular flexibility index (Phi) is 6.73. The van der Waals surface area contributed by atoms with Gasteiger partial charge >= 0.3 is 0 Å². The van der Waals surface area contributed by atoms with Crippen molar-refractivity contribution in [1.29, 1.82) is 0 Å². The van der Waals surface area contributed by atoms with Crippen LogP contribution in [0, 0.1) is 0 Å². The average molecular weight is 492 g/mol. The molecule has 1 atom stereocenters. The molecule has 1 amide bonds. The summed E-state index contributed by atoms with van der Waals surface area (Å²) in [4.78, 5) is 34.4. The SMILES string of the molecule is CCCN(C(=O)c1ccc2ccccc2c1)C(C)c1nc2ccccc2c(=O)n1-c1ccc(OC)cc1. The summed E-state index contributed by atoms with van der Waals surface area (Å²) < 4.78 is 6.92. The summed E-state index contributed by atoms with van der Waals surface area (Å²) in [7, 11) is 1.60. The molecule has 0 N–H and O–H groups in total. The lowest BCUT2D eigenvalue weighted by molar-refractivity contribution is 0.0681. The second-order valence-corrected chi connectivity index (χ2v) is 9.06. The minimum absolute atomic E-state index is 0.0937. The lowest BCUT2D eigenvalue weighted by Crippen LogP contribution is -2.38. The van der Waals surface area contributed by atoms with Crippen molar-refractivity contribution in [3.05, 3.63) is 113 Å². The smallest absolute Gasteiger partial charge is 0.266 e. The Bertz CT molecular complexity index is 1640. The molecule has 1 heterocycles. The molecular weight excluding hydrogens is 462 g/mol. The first-order valence-electron chi connectivity index (χ1n) is 12.5. The summed E-state index contributed by atoms with van der Waals surface area (Å²) in [6.45, 7) is 4.50. The van der Waals surface area contributed by atoms with E-state index in [9.17, 15) is 9.59 Å². The second-order valence-electron chi connectivity index (χ2n) is 9.06. The number of benzene rings is 4. The maximum atomic E-state index is 13.9. The van der Waals surface area contributed by atoms with E-state index in [2.05, 4.69) is 0 Å². The number of hydrogen-bond acceptors (Lipinski definition) is 4. The number of carbonyl (C=O) groups excluding carboxylic acids is 1. The van der Waals surface area contributed by atoms with Crippen molar-refractivity contribution in [2.24, 2.45) is 0 Å². The first-order valence-corrected chi connectivity index (χ1v) is 12.5. The van der Waals surface area contributed by atoms with Gasteiger partial charge < -0.3 is 9.64 Å². The van der Waals surface area contributed by atoms with Gasteiger partial charge in [0.25, 0.3) is 11.5 Å². The van der Waals surface area contributed by atoms with Gasteiger partial charge in [-0.1, -0.05) is 49.4 Å². The predicted octanol–water partition coefficient (Wildman–Crippen LogP) is 6.16. The molecular formula is C31H29N3O3. The van der Waals surface area contributed by atoms with Crippen molar-refractivity contribution in [2.75, 3.05) is 13.7 Å². The van der Waals surface area contributed by atoms with Gasteiger partial charge in [-0.3, -0.25) is 14.2 Å². The van der Waals surface area contributed by atoms with E-state index in [1.165, 1.54) is 0 Å². The van der Waals surface area contributed by atoms with Crippen LogP contribution in [-0.4, -0.2) is 34.0 Å². The van der Waals surface area contributed by atoms with Gasteiger partial charge in [0.05, 0.1) is 29.7 Å². The molecule has 1 aromatic heterocycles. The molecule has 5 rings (SSSR count). The van der Waals surface area contributed by atoms with E-state index in [0.717, 1.165) is 17.2 Å². The number of nitrogens with zero attached hydrogens (tertiary/aromatic N) is 3. The largest absolute Gasteiger partial charge is 0.497 e. The van der Waals surface area contributed by atoms with Crippen molar-refractivity contribution >= 4 is 27.6 Å². The molecule has 0 aliphatic rings. The summed E-state index contributed by atoms with van der Waals surface area (Å²) in [5, 5.41) is 2.62. The molecule has 0 radical (unpaired) electrons. The summed E-state index contributed by atoms with van der Waals surface area (Å²) in [5.41, 5.74) is 1.71. The van der Waals surface area contributed by atoms with Crippen molar-refractivity contribution in [3.63, 3.8) is 0 Å². The van der Waals surface area contributed by atoms with Crippen molar-refractivity contribution in [3.8, 4) is 11.4 Å². The van der Waals surface area contributed by atoms with Crippen LogP contribution >= 0.6 is 0 Å². The monoisotopic (exact) mass is 491 g/mol. The molecule has 0 saturated carbocycles. The van der Waals surface area contributed by atoms with E-state index in [-0.39, 0.29) is 11.5 Å². The van der Waals surface area contributed by atoms with Gasteiger partial charge in [0.2, 0.25) is 0 Å². The highest BCUT2D eigenvalue weighted by atomic mass is 16.5. The third-order valence-corrected chi connectivity index (χ3v) is 6.70. The van der Waals surface area contributed by atoms with E-state index in [1.807, 2.05) is 98.8 Å². The fraction of sp³-hybridized carbons (Fsp3) is 0.194. The minimum Gasteiger partial charge on any atom is -0.497 e. The molecule has 1 unspecified atom stereocenters. The molecule has 5 aromatic rings. The maximum absolute atomic E-state index is 13.9. The third kappa shape index (κ3) is 4.58. The number of fused-ring (bicyclic) bond motifs is 2. The van der Waals surface area contributed by atoms with Gasteiger partial charge in [-0.25, -0.2) is 4.98 Å². The minimum atomic E-state index is -0.460. The number of carbonyl (C=O) groups is 1. The van der Waals surface area contributed by atoms with Crippen LogP contribution in [0.3, 0.4) is 0 Å². The molecule has 6 heteroatoms. The molecule has 186 valence electrons. The van der Waals surface area contributed by atoms with E-state index in [0.29, 0.717) is 40.3 Å². The zero-order valence-corrected chi connectivity index (χ0v) is 21.2. The molecule has 0 bridgehead atoms. The topological polar surface area (TPSA) is 64.4 Å². The van der Waals surface area contributed by atoms with Crippen LogP contribution in [0.1, 0.15) is 42.5 Å². The summed E-state index contributed by atoms with van der Waals surface area (Å²) in [6, 6.07) is 27.9. The van der Waals surface area contributed by atoms with Gasteiger partial charge in [-0.05, 0) is 72.6 Å². The number of aromatic nitrogens is 2. The molecule has 0 saturated heterocycles. The van der Waals surface area contributed by atoms with E-state index >= 15 is 0 Å². The highest BCUT2D eigenvalue weighted by molar-refractivity contribution is 5.98. The number of amides is 1. The van der Waals surface area contributed by atoms with Crippen molar-refractivity contribution in [1.82, 2.24) is 14.5 Å². The predicted molar refractivity (Wildman–Crippen MR) is 148 cm³/mol. The highest BCUT2D eigenvalue weighted by Crippen LogP contribution is 2.26. The van der Waals surface area contributed by atoms with Gasteiger partial charge in [-0.15, -0.1) is 0 Å². The van der Waals surface area contributed by atoms with Crippen molar-refractivity contribution < 1.29 is 9.53 Å². The summed E-state index contributed by atoms with van der Waals surface area (Å²) in [5.74, 6) is 1.11. The zero-order chi connectivity index (χ0) is 25.9. The number of para-hydroxylation sites is 1. The van der Waals surface area contributed by atoms with E-state index in [1.54, 1.807) is 22.6 Å². The Labute approximate surface area is 215 Å². The Morgan fingerprint density at radius 2 is 1.65 bits per heavy atom. The number of hydrogen-bond donors (Lipinski definition) is 0. The van der Waals surface area contributed by atoms with Gasteiger partial charge in [0.1, 0.15) is 11.6 Å². The van der Waals surface area contributed by atoms with Crippen LogP contribution in [-0.2, 0) is 0 Å². The van der Waals surface area contributed by atoms with Crippen LogP contribution in [0.2, 0.25) is 0 Å². The Morgan fingerprint density at radius 1 is 0.946 bits per heavy atom. The fourth-order valence-electron chi connectivity index (χ4n) is 4.75. The normalized spacial score (nSPS) is 12.0. The van der Waals surface area contributed by atoms with Gasteiger partial charge in [0.15, 0.2) is 0 Å². The number of rotatable bonds is 7. The van der Waals surface area contributed by atoms with E-state index < -0.39 is 6.04 Å². The Hall–Kier alpha value is -4.45. The lowest BCUT2D eigenvalue weighted by Gasteiger charge is -2.30. The quantitative estimate of drug-likeness (QED) is 0.273. The number of ether oxygens (including phenoxy) is 1. The third-order valence-electron chi connectivity index (χ3n) is 6.70. The van der Waals surface area contributed by atoms with Gasteiger partial charge in [0, 0.05) is 12.1 Å². The van der Waals surface area contributed by atoms with Crippen molar-refractivity contribution in [2.45, 2.75) is 26.3 Å². The van der Waals surface area contributed by atoms with E-state index in [4.69, 9.17) is 9.72 Å². The zero-order valence-electron chi connectivity index (χ0n) is 21.2. The highest BCUT2D eigenvalue weighted by Gasteiger charge is 2.27. The van der Waals surface area contributed by atoms with Crippen LogP contribution < -0.4 is 10.3 Å². The summed E-state index contributed by atoms with van der Waals surface area (Å²) in [6.07, 6.45) is 0.768. The average Bonchev–Trinajstić information content (AvgIpc) is 2.95. The van der Waals surface area contributed by atoms with Crippen LogP contribution in [0.4, 0.5) is 0 Å². The van der Waals surface area contributed by atoms with Crippen LogP contribution in [0.5, 0.6) is 5.75 Å². The first-order chi connectivity index (χ1) is 18.0. The number of methoxy groups -OCH3 is 1. The van der Waals surface area contributed by atoms with Gasteiger partial charge in [-0.2, -0.15) is 0 Å². The lowest BCUT2D eigenvalue weighted by atomic mass is 10.1. The fourth-order valence-corrected chi connectivity index (χ4v) is 4.75. The maximum Gasteiger partial charge on any atom is 0.266 e. The Morgan fingerprint density at radius 3 is 2.38 bits per heavy atom.